The van der Waals surface area contributed by atoms with E-state index in [0.29, 0.717) is 0 Å². The summed E-state index contributed by atoms with van der Waals surface area (Å²) in [6.45, 7) is 4.00. The molecule has 3 atom stereocenters. The summed E-state index contributed by atoms with van der Waals surface area (Å²) in [6, 6.07) is 12.6. The summed E-state index contributed by atoms with van der Waals surface area (Å²) in [6.07, 6.45) is 2.97. The Kier molecular flexibility index (Phi) is 6.37. The summed E-state index contributed by atoms with van der Waals surface area (Å²) in [5, 5.41) is 3.30. The van der Waals surface area contributed by atoms with Crippen LogP contribution >= 0.6 is 0 Å². The summed E-state index contributed by atoms with van der Waals surface area (Å²) in [7, 11) is 5.02. The Morgan fingerprint density at radius 3 is 2.35 bits per heavy atom. The number of rotatable bonds is 8. The topological polar surface area (TPSA) is 61.2 Å². The number of hydrogen-bond acceptors (Lipinski definition) is 4. The predicted octanol–water partition coefficient (Wildman–Crippen LogP) is 2.31. The van der Waals surface area contributed by atoms with Crippen LogP contribution in [0.15, 0.2) is 36.4 Å². The molecule has 0 saturated heterocycles. The van der Waals surface area contributed by atoms with Crippen molar-refractivity contribution in [3.8, 4) is 17.2 Å². The highest BCUT2D eigenvalue weighted by molar-refractivity contribution is 5.81. The maximum Gasteiger partial charge on any atom is 0.223 e. The van der Waals surface area contributed by atoms with Crippen molar-refractivity contribution in [1.29, 1.82) is 0 Å². The van der Waals surface area contributed by atoms with Crippen molar-refractivity contribution in [2.24, 2.45) is 5.92 Å². The molecule has 166 valence electrons. The lowest BCUT2D eigenvalue weighted by Crippen LogP contribution is -3.13. The van der Waals surface area contributed by atoms with Crippen molar-refractivity contribution in [1.82, 2.24) is 5.32 Å². The van der Waals surface area contributed by atoms with Gasteiger partial charge in [-0.3, -0.25) is 4.79 Å². The fraction of sp³-hybridized carbons (Fsp3) is 0.480. The molecule has 2 N–H and O–H groups in total. The number of fused-ring (bicyclic) bond motifs is 1. The fourth-order valence-corrected chi connectivity index (χ4v) is 4.71. The van der Waals surface area contributed by atoms with Crippen LogP contribution in [0.4, 0.5) is 0 Å². The molecule has 1 heterocycles. The van der Waals surface area contributed by atoms with Gasteiger partial charge in [-0.05, 0) is 61.7 Å². The third-order valence-electron chi connectivity index (χ3n) is 6.54. The predicted molar refractivity (Wildman–Crippen MR) is 119 cm³/mol. The first kappa shape index (κ1) is 21.5. The van der Waals surface area contributed by atoms with Crippen LogP contribution in [0.2, 0.25) is 0 Å². The second kappa shape index (κ2) is 9.18. The van der Waals surface area contributed by atoms with Crippen LogP contribution in [0.25, 0.3) is 0 Å². The first-order valence-electron chi connectivity index (χ1n) is 11.1. The van der Waals surface area contributed by atoms with Crippen LogP contribution in [0.3, 0.4) is 0 Å². The lowest BCUT2D eigenvalue weighted by Gasteiger charge is -2.38. The van der Waals surface area contributed by atoms with Crippen molar-refractivity contribution < 1.29 is 23.9 Å². The zero-order valence-corrected chi connectivity index (χ0v) is 18.9. The smallest absolute Gasteiger partial charge is 0.223 e. The number of hydrogen-bond donors (Lipinski definition) is 2. The minimum atomic E-state index is 0.0125. The zero-order valence-electron chi connectivity index (χ0n) is 18.9. The molecule has 2 aromatic carbocycles. The Labute approximate surface area is 184 Å². The van der Waals surface area contributed by atoms with Gasteiger partial charge in [0.25, 0.3) is 0 Å². The van der Waals surface area contributed by atoms with Gasteiger partial charge in [0.05, 0.1) is 33.9 Å². The number of amides is 1. The van der Waals surface area contributed by atoms with E-state index in [0.717, 1.165) is 49.6 Å². The molecular formula is C25H33N2O4+. The number of benzene rings is 2. The van der Waals surface area contributed by atoms with Gasteiger partial charge >= 0.3 is 0 Å². The van der Waals surface area contributed by atoms with E-state index in [-0.39, 0.29) is 23.9 Å². The van der Waals surface area contributed by atoms with E-state index in [9.17, 15) is 4.79 Å². The molecule has 2 aromatic rings. The molecule has 2 aliphatic rings. The number of quaternary nitrogens is 1. The second-order valence-electron chi connectivity index (χ2n) is 8.64. The molecule has 0 bridgehead atoms. The average molecular weight is 426 g/mol. The van der Waals surface area contributed by atoms with Gasteiger partial charge < -0.3 is 24.4 Å². The van der Waals surface area contributed by atoms with Gasteiger partial charge in [-0.1, -0.05) is 0 Å². The first-order valence-corrected chi connectivity index (χ1v) is 11.1. The van der Waals surface area contributed by atoms with Crippen LogP contribution in [0.5, 0.6) is 17.2 Å². The minimum absolute atomic E-state index is 0.0125. The van der Waals surface area contributed by atoms with Crippen LogP contribution in [0.1, 0.15) is 42.5 Å². The van der Waals surface area contributed by atoms with Crippen molar-refractivity contribution in [2.45, 2.75) is 44.8 Å². The zero-order chi connectivity index (χ0) is 22.0. The number of carbonyl (C=O) groups is 1. The van der Waals surface area contributed by atoms with Crippen molar-refractivity contribution in [2.75, 3.05) is 27.9 Å². The Morgan fingerprint density at radius 1 is 1.06 bits per heavy atom. The van der Waals surface area contributed by atoms with Crippen LogP contribution in [-0.4, -0.2) is 39.8 Å². The molecular weight excluding hydrogens is 392 g/mol. The number of methoxy groups -OCH3 is 3. The Hall–Kier alpha value is -2.73. The quantitative estimate of drug-likeness (QED) is 0.682. The Bertz CT molecular complexity index is 924. The molecule has 1 saturated carbocycles. The lowest BCUT2D eigenvalue weighted by molar-refractivity contribution is -0.948. The Balaban J connectivity index is 1.65. The highest BCUT2D eigenvalue weighted by Crippen LogP contribution is 2.35. The third-order valence-corrected chi connectivity index (χ3v) is 6.54. The molecule has 0 aromatic heterocycles. The number of ether oxygens (including phenoxy) is 3. The van der Waals surface area contributed by atoms with Crippen molar-refractivity contribution in [3.05, 3.63) is 53.1 Å². The molecule has 1 aliphatic heterocycles. The van der Waals surface area contributed by atoms with Crippen molar-refractivity contribution >= 4 is 5.91 Å². The maximum atomic E-state index is 12.6. The third kappa shape index (κ3) is 4.64. The number of nitrogens with one attached hydrogen (secondary N) is 2. The van der Waals surface area contributed by atoms with E-state index >= 15 is 0 Å². The Morgan fingerprint density at radius 2 is 1.74 bits per heavy atom. The van der Waals surface area contributed by atoms with Gasteiger partial charge in [0.15, 0.2) is 11.5 Å². The lowest BCUT2D eigenvalue weighted by atomic mass is 9.87. The van der Waals surface area contributed by atoms with E-state index in [1.807, 2.05) is 12.1 Å². The summed E-state index contributed by atoms with van der Waals surface area (Å²) >= 11 is 0. The molecule has 0 spiro atoms. The van der Waals surface area contributed by atoms with Gasteiger partial charge in [0.2, 0.25) is 5.91 Å². The van der Waals surface area contributed by atoms with Gasteiger partial charge in [-0.2, -0.15) is 0 Å². The largest absolute Gasteiger partial charge is 0.497 e. The average Bonchev–Trinajstić information content (AvgIpc) is 3.64. The summed E-state index contributed by atoms with van der Waals surface area (Å²) < 4.78 is 16.4. The molecule has 1 aliphatic carbocycles. The van der Waals surface area contributed by atoms with Crippen LogP contribution in [0, 0.1) is 5.92 Å². The molecule has 1 amide bonds. The van der Waals surface area contributed by atoms with Crippen LogP contribution in [-0.2, 0) is 17.8 Å². The van der Waals surface area contributed by atoms with E-state index in [1.54, 1.807) is 21.3 Å². The molecule has 4 rings (SSSR count). The van der Waals surface area contributed by atoms with E-state index in [1.165, 1.54) is 21.6 Å². The van der Waals surface area contributed by atoms with E-state index in [2.05, 4.69) is 36.5 Å². The van der Waals surface area contributed by atoms with Crippen molar-refractivity contribution in [3.63, 3.8) is 0 Å². The van der Waals surface area contributed by atoms with E-state index in [4.69, 9.17) is 14.2 Å². The van der Waals surface area contributed by atoms with Gasteiger partial charge in [-0.25, -0.2) is 0 Å². The number of carbonyl (C=O) groups excluding carboxylic acids is 1. The van der Waals surface area contributed by atoms with Gasteiger partial charge in [-0.15, -0.1) is 0 Å². The van der Waals surface area contributed by atoms with Crippen LogP contribution < -0.4 is 24.4 Å². The minimum Gasteiger partial charge on any atom is -0.497 e. The van der Waals surface area contributed by atoms with Gasteiger partial charge in [0.1, 0.15) is 18.3 Å². The van der Waals surface area contributed by atoms with E-state index < -0.39 is 0 Å². The monoisotopic (exact) mass is 425 g/mol. The normalized spacial score (nSPS) is 21.0. The summed E-state index contributed by atoms with van der Waals surface area (Å²) in [5.41, 5.74) is 3.76. The second-order valence-corrected chi connectivity index (χ2v) is 8.64. The first-order chi connectivity index (χ1) is 15.0. The molecule has 6 nitrogen and oxygen atoms in total. The molecule has 31 heavy (non-hydrogen) atoms. The maximum absolute atomic E-state index is 12.6. The molecule has 0 radical (unpaired) electrons. The van der Waals surface area contributed by atoms with Gasteiger partial charge in [0, 0.05) is 23.5 Å². The summed E-state index contributed by atoms with van der Waals surface area (Å²) in [5.74, 6) is 2.73. The highest BCUT2D eigenvalue weighted by Gasteiger charge is 2.39. The summed E-state index contributed by atoms with van der Waals surface area (Å²) in [4.78, 5) is 14.0. The molecule has 1 fully saturated rings. The molecule has 1 unspecified atom stereocenters. The molecule has 6 heteroatoms. The fourth-order valence-electron chi connectivity index (χ4n) is 4.71. The standard InChI is InChI=1S/C25H32N2O4/c1-16(26-25(28)18-7-8-18)24-21-14-23(31-4)22(30-3)13-19(21)11-12-27(24)15-17-5-9-20(29-2)10-6-17/h5-6,9-10,13-14,16,18,24H,7-8,11-12,15H2,1-4H3,(H,26,28)/p+1/t16-,24+/m0/s1. The SMILES string of the molecule is COc1ccc(C[NH+]2CCc3cc(OC)c(OC)cc3[C@H]2[C@H](C)NC(=O)C2CC2)cc1. The highest BCUT2D eigenvalue weighted by atomic mass is 16.5.